The zero-order chi connectivity index (χ0) is 9.14. The summed E-state index contributed by atoms with van der Waals surface area (Å²) in [6.45, 7) is 1.99. The molecule has 68 valence electrons. The van der Waals surface area contributed by atoms with Crippen LogP contribution in [0.4, 0.5) is 0 Å². The smallest absolute Gasteiger partial charge is 0.305 e. The molecule has 0 aliphatic carbocycles. The summed E-state index contributed by atoms with van der Waals surface area (Å²) >= 11 is 4.90. The van der Waals surface area contributed by atoms with Crippen LogP contribution in [0.15, 0.2) is 0 Å². The van der Waals surface area contributed by atoms with Crippen molar-refractivity contribution in [3.05, 3.63) is 0 Å². The molecule has 0 saturated carbocycles. The van der Waals surface area contributed by atoms with E-state index in [1.165, 1.54) is 0 Å². The summed E-state index contributed by atoms with van der Waals surface area (Å²) in [5.41, 5.74) is 0. The lowest BCUT2D eigenvalue weighted by Crippen LogP contribution is -2.53. The second-order valence-electron chi connectivity index (χ2n) is 3.05. The molecule has 1 rings (SSSR count). The summed E-state index contributed by atoms with van der Waals surface area (Å²) in [6.07, 6.45) is 0.929. The Bertz CT molecular complexity index is 206. The minimum atomic E-state index is -0.788. The van der Waals surface area contributed by atoms with E-state index in [1.807, 2.05) is 6.92 Å². The Kier molecular flexibility index (Phi) is 2.86. The van der Waals surface area contributed by atoms with Crippen LogP contribution in [-0.2, 0) is 4.79 Å². The zero-order valence-electron chi connectivity index (χ0n) is 6.83. The van der Waals surface area contributed by atoms with E-state index < -0.39 is 5.97 Å². The Labute approximate surface area is 76.3 Å². The standard InChI is InChI=1S/C7H12N2O2S/c1-4-2-5(3-6(10)11)9-7(12)8-4/h4-5H,2-3H2,1H3,(H,10,11)(H2,8,9,12)/t4-,5+/m0/s1. The Hall–Kier alpha value is -0.840. The van der Waals surface area contributed by atoms with E-state index in [1.54, 1.807) is 0 Å². The molecule has 12 heavy (non-hydrogen) atoms. The molecule has 0 unspecified atom stereocenters. The molecule has 2 atom stereocenters. The number of aliphatic carboxylic acids is 1. The fraction of sp³-hybridized carbons (Fsp3) is 0.714. The molecule has 5 heteroatoms. The quantitative estimate of drug-likeness (QED) is 0.536. The first-order valence-corrected chi connectivity index (χ1v) is 4.27. The van der Waals surface area contributed by atoms with Gasteiger partial charge in [0.2, 0.25) is 0 Å². The van der Waals surface area contributed by atoms with E-state index in [4.69, 9.17) is 17.3 Å². The Morgan fingerprint density at radius 1 is 1.75 bits per heavy atom. The van der Waals surface area contributed by atoms with E-state index in [9.17, 15) is 4.79 Å². The summed E-state index contributed by atoms with van der Waals surface area (Å²) < 4.78 is 0. The van der Waals surface area contributed by atoms with Crippen molar-refractivity contribution in [2.45, 2.75) is 31.8 Å². The SMILES string of the molecule is C[C@H]1C[C@H](CC(=O)O)NC(=S)N1. The van der Waals surface area contributed by atoms with Crippen molar-refractivity contribution in [3.63, 3.8) is 0 Å². The van der Waals surface area contributed by atoms with E-state index in [0.717, 1.165) is 6.42 Å². The maximum atomic E-state index is 10.4. The number of hydrogen-bond donors (Lipinski definition) is 3. The van der Waals surface area contributed by atoms with Gasteiger partial charge in [0.1, 0.15) is 0 Å². The van der Waals surface area contributed by atoms with Crippen LogP contribution >= 0.6 is 12.2 Å². The molecule has 1 fully saturated rings. The van der Waals surface area contributed by atoms with Gasteiger partial charge in [0.25, 0.3) is 0 Å². The van der Waals surface area contributed by atoms with Gasteiger partial charge < -0.3 is 15.7 Å². The molecule has 1 saturated heterocycles. The fourth-order valence-corrected chi connectivity index (χ4v) is 1.71. The predicted octanol–water partition coefficient (Wildman–Crippen LogP) is 0.0860. The summed E-state index contributed by atoms with van der Waals surface area (Å²) in [4.78, 5) is 10.4. The Morgan fingerprint density at radius 3 is 2.92 bits per heavy atom. The molecule has 0 spiro atoms. The van der Waals surface area contributed by atoms with Crippen LogP contribution in [0.2, 0.25) is 0 Å². The molecule has 0 aromatic rings. The third-order valence-corrected chi connectivity index (χ3v) is 2.01. The van der Waals surface area contributed by atoms with Crippen molar-refractivity contribution in [1.29, 1.82) is 0 Å². The van der Waals surface area contributed by atoms with Crippen LogP contribution in [0.25, 0.3) is 0 Å². The third-order valence-electron chi connectivity index (χ3n) is 1.77. The first-order valence-electron chi connectivity index (χ1n) is 3.86. The lowest BCUT2D eigenvalue weighted by atomic mass is 10.0. The molecular formula is C7H12N2O2S. The monoisotopic (exact) mass is 188 g/mol. The van der Waals surface area contributed by atoms with Crippen molar-refractivity contribution in [2.75, 3.05) is 0 Å². The molecule has 0 aromatic carbocycles. The highest BCUT2D eigenvalue weighted by Crippen LogP contribution is 2.07. The highest BCUT2D eigenvalue weighted by Gasteiger charge is 2.22. The van der Waals surface area contributed by atoms with Crippen molar-refractivity contribution < 1.29 is 9.90 Å². The first kappa shape index (κ1) is 9.25. The van der Waals surface area contributed by atoms with E-state index >= 15 is 0 Å². The molecular weight excluding hydrogens is 176 g/mol. The molecule has 1 aliphatic heterocycles. The molecule has 0 amide bonds. The van der Waals surface area contributed by atoms with Gasteiger partial charge in [-0.3, -0.25) is 4.79 Å². The average molecular weight is 188 g/mol. The van der Waals surface area contributed by atoms with Crippen molar-refractivity contribution >= 4 is 23.3 Å². The molecule has 1 heterocycles. The fourth-order valence-electron chi connectivity index (χ4n) is 1.34. The van der Waals surface area contributed by atoms with E-state index in [-0.39, 0.29) is 18.5 Å². The van der Waals surface area contributed by atoms with Gasteiger partial charge >= 0.3 is 5.97 Å². The van der Waals surface area contributed by atoms with Crippen molar-refractivity contribution in [1.82, 2.24) is 10.6 Å². The predicted molar refractivity (Wildman–Crippen MR) is 49.0 cm³/mol. The number of carbonyl (C=O) groups is 1. The van der Waals surface area contributed by atoms with Gasteiger partial charge in [-0.1, -0.05) is 0 Å². The lowest BCUT2D eigenvalue weighted by molar-refractivity contribution is -0.137. The summed E-state index contributed by atoms with van der Waals surface area (Å²) in [5, 5.41) is 15.0. The largest absolute Gasteiger partial charge is 0.481 e. The second kappa shape index (κ2) is 3.71. The normalized spacial score (nSPS) is 28.9. The summed E-state index contributed by atoms with van der Waals surface area (Å²) in [6, 6.07) is 0.245. The number of carboxylic acids is 1. The number of carboxylic acid groups (broad SMARTS) is 1. The van der Waals surface area contributed by atoms with Gasteiger partial charge in [-0.25, -0.2) is 0 Å². The number of hydrogen-bond acceptors (Lipinski definition) is 2. The van der Waals surface area contributed by atoms with E-state index in [0.29, 0.717) is 5.11 Å². The van der Waals surface area contributed by atoms with E-state index in [2.05, 4.69) is 10.6 Å². The molecule has 3 N–H and O–H groups in total. The Morgan fingerprint density at radius 2 is 2.42 bits per heavy atom. The number of rotatable bonds is 2. The van der Waals surface area contributed by atoms with Crippen LogP contribution in [0.5, 0.6) is 0 Å². The van der Waals surface area contributed by atoms with Gasteiger partial charge in [-0.15, -0.1) is 0 Å². The van der Waals surface area contributed by atoms with Gasteiger partial charge in [0.05, 0.1) is 6.42 Å². The number of nitrogens with one attached hydrogen (secondary N) is 2. The highest BCUT2D eigenvalue weighted by atomic mass is 32.1. The van der Waals surface area contributed by atoms with Gasteiger partial charge in [-0.05, 0) is 25.6 Å². The average Bonchev–Trinajstić information content (AvgIpc) is 1.81. The van der Waals surface area contributed by atoms with Crippen LogP contribution in [0.3, 0.4) is 0 Å². The van der Waals surface area contributed by atoms with Gasteiger partial charge in [0.15, 0.2) is 5.11 Å². The topological polar surface area (TPSA) is 61.4 Å². The minimum Gasteiger partial charge on any atom is -0.481 e. The van der Waals surface area contributed by atoms with Crippen LogP contribution in [0.1, 0.15) is 19.8 Å². The third kappa shape index (κ3) is 2.65. The first-order chi connectivity index (χ1) is 5.58. The Balaban J connectivity index is 2.44. The van der Waals surface area contributed by atoms with Gasteiger partial charge in [-0.2, -0.15) is 0 Å². The maximum absolute atomic E-state index is 10.4. The summed E-state index contributed by atoms with van der Waals surface area (Å²) in [5.74, 6) is -0.788. The molecule has 0 bridgehead atoms. The number of thiocarbonyl (C=S) groups is 1. The lowest BCUT2D eigenvalue weighted by Gasteiger charge is -2.30. The second-order valence-corrected chi connectivity index (χ2v) is 3.46. The molecule has 4 nitrogen and oxygen atoms in total. The minimum absolute atomic E-state index is 0.0220. The maximum Gasteiger partial charge on any atom is 0.305 e. The van der Waals surface area contributed by atoms with Crippen LogP contribution < -0.4 is 10.6 Å². The zero-order valence-corrected chi connectivity index (χ0v) is 7.65. The van der Waals surface area contributed by atoms with Gasteiger partial charge in [0, 0.05) is 12.1 Å². The van der Waals surface area contributed by atoms with Crippen LogP contribution in [0, 0.1) is 0 Å². The van der Waals surface area contributed by atoms with Crippen molar-refractivity contribution in [3.8, 4) is 0 Å². The molecule has 0 aromatic heterocycles. The highest BCUT2D eigenvalue weighted by molar-refractivity contribution is 7.80. The molecule has 1 aliphatic rings. The van der Waals surface area contributed by atoms with Crippen LogP contribution in [-0.4, -0.2) is 28.3 Å². The summed E-state index contributed by atoms with van der Waals surface area (Å²) in [7, 11) is 0. The van der Waals surface area contributed by atoms with Crippen molar-refractivity contribution in [2.24, 2.45) is 0 Å². The molecule has 0 radical (unpaired) electrons.